The van der Waals surface area contributed by atoms with Crippen LogP contribution in [0.4, 0.5) is 27.6 Å². The van der Waals surface area contributed by atoms with Crippen molar-refractivity contribution >= 4 is 33.5 Å². The molecule has 1 saturated carbocycles. The third-order valence-corrected chi connectivity index (χ3v) is 6.23. The zero-order valence-electron chi connectivity index (χ0n) is 17.1. The fourth-order valence-electron chi connectivity index (χ4n) is 4.14. The minimum Gasteiger partial charge on any atom is -0.451 e. The third-order valence-electron chi connectivity index (χ3n) is 5.56. The van der Waals surface area contributed by atoms with Crippen molar-refractivity contribution in [2.24, 2.45) is 21.5 Å². The number of alkyl halides is 3. The Labute approximate surface area is 194 Å². The molecule has 1 spiro atoms. The van der Waals surface area contributed by atoms with Gasteiger partial charge >= 0.3 is 6.18 Å². The van der Waals surface area contributed by atoms with Crippen LogP contribution < -0.4 is 21.1 Å². The molecule has 0 unspecified atom stereocenters. The van der Waals surface area contributed by atoms with Gasteiger partial charge in [0, 0.05) is 10.5 Å². The molecular formula is C21H19BrF5N5O. The predicted molar refractivity (Wildman–Crippen MR) is 117 cm³/mol. The van der Waals surface area contributed by atoms with Gasteiger partial charge in [-0.3, -0.25) is 4.90 Å². The topological polar surface area (TPSA) is 89.2 Å². The minimum atomic E-state index is -4.90. The number of hydrogen-bond donors (Lipinski definition) is 2. The van der Waals surface area contributed by atoms with Gasteiger partial charge in [0.05, 0.1) is 11.3 Å². The van der Waals surface area contributed by atoms with Crippen molar-refractivity contribution in [1.29, 1.82) is 0 Å². The SMILES string of the molecule is NC1=NC2(CCCCC2)N(c2cc(Oc3c(F)cc(C(F)(F)F)cc3F)ccc2Br)C(N)=N1. The molecule has 2 aromatic carbocycles. The Morgan fingerprint density at radius 2 is 1.64 bits per heavy atom. The minimum absolute atomic E-state index is 0.0213. The van der Waals surface area contributed by atoms with E-state index >= 15 is 0 Å². The first-order valence-electron chi connectivity index (χ1n) is 10.0. The number of benzene rings is 2. The van der Waals surface area contributed by atoms with Gasteiger partial charge in [0.15, 0.2) is 17.4 Å². The van der Waals surface area contributed by atoms with Gasteiger partial charge in [0.25, 0.3) is 0 Å². The van der Waals surface area contributed by atoms with Gasteiger partial charge in [-0.25, -0.2) is 13.8 Å². The maximum Gasteiger partial charge on any atom is 0.416 e. The summed E-state index contributed by atoms with van der Waals surface area (Å²) < 4.78 is 72.9. The fourth-order valence-corrected chi connectivity index (χ4v) is 4.56. The highest BCUT2D eigenvalue weighted by Crippen LogP contribution is 2.44. The van der Waals surface area contributed by atoms with Crippen molar-refractivity contribution in [3.63, 3.8) is 0 Å². The average molecular weight is 532 g/mol. The number of rotatable bonds is 3. The van der Waals surface area contributed by atoms with Crippen LogP contribution >= 0.6 is 15.9 Å². The molecule has 1 aliphatic heterocycles. The summed E-state index contributed by atoms with van der Waals surface area (Å²) in [5, 5.41) is 0. The van der Waals surface area contributed by atoms with E-state index in [9.17, 15) is 22.0 Å². The van der Waals surface area contributed by atoms with Crippen LogP contribution in [0.15, 0.2) is 44.8 Å². The van der Waals surface area contributed by atoms with E-state index in [0.29, 0.717) is 23.0 Å². The Balaban J connectivity index is 1.73. The predicted octanol–water partition coefficient (Wildman–Crippen LogP) is 5.65. The van der Waals surface area contributed by atoms with Gasteiger partial charge in [0.2, 0.25) is 11.9 Å². The smallest absolute Gasteiger partial charge is 0.416 e. The molecule has 4 N–H and O–H groups in total. The first kappa shape index (κ1) is 23.3. The van der Waals surface area contributed by atoms with Gasteiger partial charge in [-0.1, -0.05) is 6.42 Å². The van der Waals surface area contributed by atoms with Gasteiger partial charge in [-0.05, 0) is 65.9 Å². The molecule has 1 aliphatic carbocycles. The van der Waals surface area contributed by atoms with E-state index in [4.69, 9.17) is 16.2 Å². The summed E-state index contributed by atoms with van der Waals surface area (Å²) in [6.45, 7) is 0. The van der Waals surface area contributed by atoms with E-state index < -0.39 is 34.8 Å². The number of hydrogen-bond acceptors (Lipinski definition) is 6. The summed E-state index contributed by atoms with van der Waals surface area (Å²) in [5.41, 5.74) is 10.3. The summed E-state index contributed by atoms with van der Waals surface area (Å²) in [5.74, 6) is -3.78. The van der Waals surface area contributed by atoms with Crippen LogP contribution in [-0.2, 0) is 6.18 Å². The molecule has 176 valence electrons. The largest absolute Gasteiger partial charge is 0.451 e. The van der Waals surface area contributed by atoms with E-state index in [-0.39, 0.29) is 29.8 Å². The highest BCUT2D eigenvalue weighted by molar-refractivity contribution is 9.10. The maximum atomic E-state index is 14.3. The Kier molecular flexibility index (Phi) is 5.97. The number of nitrogens with zero attached hydrogens (tertiary/aromatic N) is 3. The number of ether oxygens (including phenoxy) is 1. The molecule has 0 amide bonds. The molecule has 2 aliphatic rings. The molecule has 2 aromatic rings. The van der Waals surface area contributed by atoms with Crippen LogP contribution in [0.1, 0.15) is 37.7 Å². The van der Waals surface area contributed by atoms with E-state index in [1.165, 1.54) is 12.1 Å². The standard InChI is InChI=1S/C21H19BrF5N5O/c22-13-5-4-12(33-17-14(23)8-11(9-15(17)24)21(25,26)27)10-16(13)32-19(29)30-18(28)31-20(32)6-2-1-3-7-20/h4-5,8-10H,1-3,6-7H2,(H4,28,29,30,31). The molecule has 0 radical (unpaired) electrons. The third kappa shape index (κ3) is 4.48. The van der Waals surface area contributed by atoms with Crippen molar-refractivity contribution in [2.75, 3.05) is 4.90 Å². The Morgan fingerprint density at radius 3 is 2.24 bits per heavy atom. The lowest BCUT2D eigenvalue weighted by atomic mass is 9.87. The fraction of sp³-hybridized carbons (Fsp3) is 0.333. The van der Waals surface area contributed by atoms with Crippen LogP contribution in [0.2, 0.25) is 0 Å². The maximum absolute atomic E-state index is 14.3. The lowest BCUT2D eigenvalue weighted by molar-refractivity contribution is -0.138. The van der Waals surface area contributed by atoms with Crippen LogP contribution in [0.25, 0.3) is 0 Å². The van der Waals surface area contributed by atoms with Crippen LogP contribution in [-0.4, -0.2) is 17.6 Å². The molecule has 4 rings (SSSR count). The second kappa shape index (κ2) is 8.47. The Bertz CT molecular complexity index is 1120. The molecule has 0 atom stereocenters. The molecule has 1 heterocycles. The van der Waals surface area contributed by atoms with Crippen molar-refractivity contribution in [3.05, 3.63) is 52.0 Å². The Morgan fingerprint density at radius 1 is 1.00 bits per heavy atom. The normalized spacial score (nSPS) is 18.2. The van der Waals surface area contributed by atoms with Gasteiger partial charge in [-0.15, -0.1) is 0 Å². The quantitative estimate of drug-likeness (QED) is 0.501. The summed E-state index contributed by atoms with van der Waals surface area (Å²) >= 11 is 3.44. The number of nitrogens with two attached hydrogens (primary N) is 2. The zero-order valence-corrected chi connectivity index (χ0v) is 18.7. The molecule has 1 fully saturated rings. The molecule has 0 saturated heterocycles. The van der Waals surface area contributed by atoms with E-state index in [0.717, 1.165) is 19.3 Å². The van der Waals surface area contributed by atoms with Crippen LogP contribution in [0.5, 0.6) is 11.5 Å². The average Bonchev–Trinajstić information content (AvgIpc) is 2.72. The molecular weight excluding hydrogens is 513 g/mol. The Hall–Kier alpha value is -2.89. The number of aliphatic imine (C=N–C) groups is 2. The first-order chi connectivity index (χ1) is 15.5. The van der Waals surface area contributed by atoms with E-state index in [2.05, 4.69) is 25.9 Å². The lowest BCUT2D eigenvalue weighted by Gasteiger charge is -2.46. The summed E-state index contributed by atoms with van der Waals surface area (Å²) in [7, 11) is 0. The summed E-state index contributed by atoms with van der Waals surface area (Å²) in [6, 6.07) is 4.79. The van der Waals surface area contributed by atoms with Gasteiger partial charge in [0.1, 0.15) is 11.4 Å². The summed E-state index contributed by atoms with van der Waals surface area (Å²) in [4.78, 5) is 10.3. The first-order valence-corrected chi connectivity index (χ1v) is 10.8. The van der Waals surface area contributed by atoms with Gasteiger partial charge < -0.3 is 16.2 Å². The van der Waals surface area contributed by atoms with Crippen molar-refractivity contribution < 1.29 is 26.7 Å². The molecule has 0 bridgehead atoms. The zero-order chi connectivity index (χ0) is 24.0. The second-order valence-corrected chi connectivity index (χ2v) is 8.65. The monoisotopic (exact) mass is 531 g/mol. The summed E-state index contributed by atoms with van der Waals surface area (Å²) in [6.07, 6.45) is -0.786. The molecule has 12 heteroatoms. The van der Waals surface area contributed by atoms with Crippen LogP contribution in [0, 0.1) is 11.6 Å². The van der Waals surface area contributed by atoms with E-state index in [1.807, 2.05) is 0 Å². The highest BCUT2D eigenvalue weighted by atomic mass is 79.9. The number of guanidine groups is 2. The van der Waals surface area contributed by atoms with Crippen LogP contribution in [0.3, 0.4) is 0 Å². The lowest BCUT2D eigenvalue weighted by Crippen LogP contribution is -2.58. The highest BCUT2D eigenvalue weighted by Gasteiger charge is 2.43. The van der Waals surface area contributed by atoms with Crippen molar-refractivity contribution in [2.45, 2.75) is 43.9 Å². The van der Waals surface area contributed by atoms with Crippen molar-refractivity contribution in [1.82, 2.24) is 0 Å². The van der Waals surface area contributed by atoms with Gasteiger partial charge in [-0.2, -0.15) is 18.2 Å². The number of anilines is 1. The molecule has 0 aromatic heterocycles. The van der Waals surface area contributed by atoms with Crippen molar-refractivity contribution in [3.8, 4) is 11.5 Å². The number of halogens is 6. The van der Waals surface area contributed by atoms with E-state index in [1.54, 1.807) is 11.0 Å². The molecule has 6 nitrogen and oxygen atoms in total. The molecule has 33 heavy (non-hydrogen) atoms. The second-order valence-electron chi connectivity index (χ2n) is 7.80.